The van der Waals surface area contributed by atoms with Crippen LogP contribution in [0, 0.1) is 5.82 Å². The van der Waals surface area contributed by atoms with Crippen molar-refractivity contribution in [3.05, 3.63) is 29.6 Å². The Morgan fingerprint density at radius 2 is 2.11 bits per heavy atom. The van der Waals surface area contributed by atoms with E-state index in [-0.39, 0.29) is 17.9 Å². The van der Waals surface area contributed by atoms with Crippen LogP contribution in [0.4, 0.5) is 4.39 Å². The van der Waals surface area contributed by atoms with Crippen LogP contribution in [0.2, 0.25) is 0 Å². The smallest absolute Gasteiger partial charge is 0.328 e. The van der Waals surface area contributed by atoms with E-state index in [4.69, 9.17) is 9.84 Å². The van der Waals surface area contributed by atoms with Crippen LogP contribution in [-0.2, 0) is 9.53 Å². The largest absolute Gasteiger partial charge is 0.494 e. The summed E-state index contributed by atoms with van der Waals surface area (Å²) in [7, 11) is 2.62. The summed E-state index contributed by atoms with van der Waals surface area (Å²) < 4.78 is 22.8. The first kappa shape index (κ1) is 14.9. The van der Waals surface area contributed by atoms with Crippen LogP contribution in [0.3, 0.4) is 0 Å². The standard InChI is InChI=1S/C12H14FNO5/c1-18-6-9(12(16)17)14-11(15)7-3-4-10(19-2)8(13)5-7/h3-5,9H,6H2,1-2H3,(H,14,15)(H,16,17). The van der Waals surface area contributed by atoms with E-state index in [0.717, 1.165) is 6.07 Å². The van der Waals surface area contributed by atoms with Crippen molar-refractivity contribution in [3.8, 4) is 5.75 Å². The summed E-state index contributed by atoms with van der Waals surface area (Å²) >= 11 is 0. The first-order valence-electron chi connectivity index (χ1n) is 5.35. The Kier molecular flexibility index (Phi) is 5.25. The lowest BCUT2D eigenvalue weighted by Gasteiger charge is -2.13. The molecule has 104 valence electrons. The van der Waals surface area contributed by atoms with Crippen molar-refractivity contribution in [2.24, 2.45) is 0 Å². The van der Waals surface area contributed by atoms with Gasteiger partial charge in [0, 0.05) is 12.7 Å². The summed E-state index contributed by atoms with van der Waals surface area (Å²) in [4.78, 5) is 22.6. The maximum atomic E-state index is 13.4. The Morgan fingerprint density at radius 3 is 2.58 bits per heavy atom. The molecule has 0 saturated heterocycles. The third kappa shape index (κ3) is 3.92. The minimum absolute atomic E-state index is 0.000605. The predicted molar refractivity (Wildman–Crippen MR) is 63.7 cm³/mol. The van der Waals surface area contributed by atoms with Crippen LogP contribution >= 0.6 is 0 Å². The highest BCUT2D eigenvalue weighted by Gasteiger charge is 2.21. The van der Waals surface area contributed by atoms with E-state index < -0.39 is 23.7 Å². The average Bonchev–Trinajstić information content (AvgIpc) is 2.37. The van der Waals surface area contributed by atoms with Gasteiger partial charge in [-0.05, 0) is 18.2 Å². The summed E-state index contributed by atoms with van der Waals surface area (Å²) in [6, 6.07) is 2.40. The van der Waals surface area contributed by atoms with E-state index in [1.807, 2.05) is 0 Å². The van der Waals surface area contributed by atoms with Crippen LogP contribution < -0.4 is 10.1 Å². The molecule has 7 heteroatoms. The Morgan fingerprint density at radius 1 is 1.42 bits per heavy atom. The fourth-order valence-electron chi connectivity index (χ4n) is 1.39. The summed E-state index contributed by atoms with van der Waals surface area (Å²) in [5.74, 6) is -2.63. The summed E-state index contributed by atoms with van der Waals surface area (Å²) in [6.45, 7) is -0.181. The number of hydrogen-bond donors (Lipinski definition) is 2. The number of hydrogen-bond acceptors (Lipinski definition) is 4. The highest BCUT2D eigenvalue weighted by molar-refractivity contribution is 5.96. The monoisotopic (exact) mass is 271 g/mol. The Bertz CT molecular complexity index is 477. The second-order valence-corrected chi connectivity index (χ2v) is 3.67. The van der Waals surface area contributed by atoms with E-state index in [1.165, 1.54) is 26.4 Å². The molecule has 1 unspecified atom stereocenters. The summed E-state index contributed by atoms with van der Waals surface area (Å²) in [5, 5.41) is 11.1. The number of ether oxygens (including phenoxy) is 2. The number of rotatable bonds is 6. The lowest BCUT2D eigenvalue weighted by Crippen LogP contribution is -2.43. The van der Waals surface area contributed by atoms with Gasteiger partial charge in [0.25, 0.3) is 5.91 Å². The van der Waals surface area contributed by atoms with Crippen molar-refractivity contribution in [3.63, 3.8) is 0 Å². The van der Waals surface area contributed by atoms with Gasteiger partial charge in [0.1, 0.15) is 0 Å². The lowest BCUT2D eigenvalue weighted by atomic mass is 10.2. The molecule has 0 aliphatic carbocycles. The molecule has 0 aliphatic rings. The van der Waals surface area contributed by atoms with Gasteiger partial charge in [-0.25, -0.2) is 9.18 Å². The molecule has 0 aliphatic heterocycles. The number of carbonyl (C=O) groups excluding carboxylic acids is 1. The number of nitrogens with one attached hydrogen (secondary N) is 1. The molecular formula is C12H14FNO5. The van der Waals surface area contributed by atoms with Crippen LogP contribution in [0.5, 0.6) is 5.75 Å². The molecule has 1 atom stereocenters. The zero-order valence-electron chi connectivity index (χ0n) is 10.5. The molecule has 0 bridgehead atoms. The average molecular weight is 271 g/mol. The van der Waals surface area contributed by atoms with E-state index in [2.05, 4.69) is 10.1 Å². The first-order chi connectivity index (χ1) is 8.99. The number of carboxylic acid groups (broad SMARTS) is 1. The van der Waals surface area contributed by atoms with Crippen molar-refractivity contribution >= 4 is 11.9 Å². The molecule has 1 aromatic carbocycles. The van der Waals surface area contributed by atoms with Gasteiger partial charge in [-0.3, -0.25) is 4.79 Å². The fraction of sp³-hybridized carbons (Fsp3) is 0.333. The molecule has 0 aromatic heterocycles. The fourth-order valence-corrected chi connectivity index (χ4v) is 1.39. The lowest BCUT2D eigenvalue weighted by molar-refractivity contribution is -0.140. The molecule has 2 N–H and O–H groups in total. The van der Waals surface area contributed by atoms with Crippen molar-refractivity contribution in [2.45, 2.75) is 6.04 Å². The van der Waals surface area contributed by atoms with Gasteiger partial charge in [-0.15, -0.1) is 0 Å². The number of amides is 1. The van der Waals surface area contributed by atoms with E-state index in [1.54, 1.807) is 0 Å². The van der Waals surface area contributed by atoms with E-state index in [9.17, 15) is 14.0 Å². The first-order valence-corrected chi connectivity index (χ1v) is 5.35. The number of benzene rings is 1. The number of carboxylic acids is 1. The van der Waals surface area contributed by atoms with Gasteiger partial charge >= 0.3 is 5.97 Å². The molecular weight excluding hydrogens is 257 g/mol. The van der Waals surface area contributed by atoms with Crippen LogP contribution in [0.1, 0.15) is 10.4 Å². The quantitative estimate of drug-likeness (QED) is 0.794. The summed E-state index contributed by atoms with van der Waals surface area (Å²) in [6.07, 6.45) is 0. The SMILES string of the molecule is COCC(NC(=O)c1ccc(OC)c(F)c1)C(=O)O. The van der Waals surface area contributed by atoms with Crippen molar-refractivity contribution in [1.29, 1.82) is 0 Å². The molecule has 1 rings (SSSR count). The minimum Gasteiger partial charge on any atom is -0.494 e. The maximum Gasteiger partial charge on any atom is 0.328 e. The summed E-state index contributed by atoms with van der Waals surface area (Å²) in [5.41, 5.74) is 0.000605. The zero-order chi connectivity index (χ0) is 14.4. The highest BCUT2D eigenvalue weighted by Crippen LogP contribution is 2.17. The third-order valence-corrected chi connectivity index (χ3v) is 2.35. The molecule has 0 heterocycles. The Hall–Kier alpha value is -2.15. The normalized spacial score (nSPS) is 11.7. The van der Waals surface area contributed by atoms with Crippen molar-refractivity contribution in [2.75, 3.05) is 20.8 Å². The highest BCUT2D eigenvalue weighted by atomic mass is 19.1. The second-order valence-electron chi connectivity index (χ2n) is 3.67. The molecule has 0 spiro atoms. The van der Waals surface area contributed by atoms with Gasteiger partial charge in [0.05, 0.1) is 13.7 Å². The molecule has 1 amide bonds. The van der Waals surface area contributed by atoms with Gasteiger partial charge < -0.3 is 19.9 Å². The Balaban J connectivity index is 2.82. The van der Waals surface area contributed by atoms with Gasteiger partial charge in [0.2, 0.25) is 0 Å². The minimum atomic E-state index is -1.23. The number of methoxy groups -OCH3 is 2. The zero-order valence-corrected chi connectivity index (χ0v) is 10.5. The van der Waals surface area contributed by atoms with E-state index in [0.29, 0.717) is 0 Å². The number of carbonyl (C=O) groups is 2. The molecule has 19 heavy (non-hydrogen) atoms. The molecule has 1 aromatic rings. The van der Waals surface area contributed by atoms with Crippen LogP contribution in [0.25, 0.3) is 0 Å². The van der Waals surface area contributed by atoms with Gasteiger partial charge in [-0.1, -0.05) is 0 Å². The molecule has 0 saturated carbocycles. The molecule has 6 nitrogen and oxygen atoms in total. The maximum absolute atomic E-state index is 13.4. The predicted octanol–water partition coefficient (Wildman–Crippen LogP) is 0.664. The number of halogens is 1. The van der Waals surface area contributed by atoms with Crippen molar-refractivity contribution in [1.82, 2.24) is 5.32 Å². The Labute approximate surface area is 109 Å². The topological polar surface area (TPSA) is 84.9 Å². The van der Waals surface area contributed by atoms with Crippen LogP contribution in [-0.4, -0.2) is 43.9 Å². The van der Waals surface area contributed by atoms with Gasteiger partial charge in [-0.2, -0.15) is 0 Å². The molecule has 0 fully saturated rings. The third-order valence-electron chi connectivity index (χ3n) is 2.35. The van der Waals surface area contributed by atoms with Gasteiger partial charge in [0.15, 0.2) is 17.6 Å². The number of aliphatic carboxylic acids is 1. The van der Waals surface area contributed by atoms with Crippen LogP contribution in [0.15, 0.2) is 18.2 Å². The molecule has 0 radical (unpaired) electrons. The van der Waals surface area contributed by atoms with Crippen molar-refractivity contribution < 1.29 is 28.6 Å². The van der Waals surface area contributed by atoms with E-state index >= 15 is 0 Å². The second kappa shape index (κ2) is 6.69.